The van der Waals surface area contributed by atoms with E-state index in [2.05, 4.69) is 25.5 Å². The van der Waals surface area contributed by atoms with Gasteiger partial charge in [-0.05, 0) is 85.5 Å². The zero-order valence-corrected chi connectivity index (χ0v) is 25.2. The van der Waals surface area contributed by atoms with E-state index in [1.54, 1.807) is 65.8 Å². The highest BCUT2D eigenvalue weighted by molar-refractivity contribution is 7.17. The van der Waals surface area contributed by atoms with Gasteiger partial charge in [-0.2, -0.15) is 0 Å². The minimum atomic E-state index is -0.232. The number of amides is 3. The monoisotopic (exact) mass is 614 g/mol. The number of hydrogen-bond acceptors (Lipinski definition) is 7. The summed E-state index contributed by atoms with van der Waals surface area (Å²) in [4.78, 5) is 54.2. The number of nitrogens with one attached hydrogen (secondary N) is 2. The number of benzene rings is 2. The molecule has 0 saturated carbocycles. The smallest absolute Gasteiger partial charge is 0.266 e. The molecule has 5 aromatic rings. The van der Waals surface area contributed by atoms with Crippen LogP contribution in [-0.2, 0) is 6.42 Å². The number of aromatic nitrogens is 2. The van der Waals surface area contributed by atoms with Crippen LogP contribution in [-0.4, -0.2) is 47.3 Å². The van der Waals surface area contributed by atoms with E-state index in [1.165, 1.54) is 11.3 Å². The SMILES string of the molecule is O=C(Nc1ccccn1)c1cc2c(s1)-c1ccccc1N(C(=O)c1ccc(NC(=O)c3cccnc3N3CCCC3)cc1)CC2. The molecule has 0 radical (unpaired) electrons. The molecule has 10 heteroatoms. The number of anilines is 4. The number of rotatable bonds is 6. The van der Waals surface area contributed by atoms with Gasteiger partial charge in [0.15, 0.2) is 0 Å². The van der Waals surface area contributed by atoms with Gasteiger partial charge in [0.25, 0.3) is 17.7 Å². The van der Waals surface area contributed by atoms with Crippen LogP contribution in [0.25, 0.3) is 10.4 Å². The summed E-state index contributed by atoms with van der Waals surface area (Å²) >= 11 is 1.42. The Morgan fingerprint density at radius 3 is 2.33 bits per heavy atom. The van der Waals surface area contributed by atoms with E-state index in [-0.39, 0.29) is 17.7 Å². The van der Waals surface area contributed by atoms with E-state index in [0.29, 0.717) is 46.3 Å². The normalized spacial score (nSPS) is 13.9. The van der Waals surface area contributed by atoms with Crippen LogP contribution in [0.3, 0.4) is 0 Å². The van der Waals surface area contributed by atoms with Gasteiger partial charge in [-0.3, -0.25) is 14.4 Å². The zero-order valence-electron chi connectivity index (χ0n) is 24.4. The number of carbonyl (C=O) groups excluding carboxylic acids is 3. The van der Waals surface area contributed by atoms with Crippen LogP contribution in [0.15, 0.2) is 97.3 Å². The summed E-state index contributed by atoms with van der Waals surface area (Å²) in [6, 6.07) is 25.6. The highest BCUT2D eigenvalue weighted by Crippen LogP contribution is 2.42. The van der Waals surface area contributed by atoms with Gasteiger partial charge in [0.1, 0.15) is 11.6 Å². The van der Waals surface area contributed by atoms with Gasteiger partial charge in [-0.1, -0.05) is 24.3 Å². The summed E-state index contributed by atoms with van der Waals surface area (Å²) < 4.78 is 0. The molecule has 3 amide bonds. The maximum absolute atomic E-state index is 13.9. The van der Waals surface area contributed by atoms with E-state index < -0.39 is 0 Å². The lowest BCUT2D eigenvalue weighted by Crippen LogP contribution is -2.32. The van der Waals surface area contributed by atoms with Crippen molar-refractivity contribution in [3.05, 3.63) is 119 Å². The number of thiophene rings is 1. The molecule has 0 spiro atoms. The van der Waals surface area contributed by atoms with Crippen molar-refractivity contribution in [3.63, 3.8) is 0 Å². The van der Waals surface area contributed by atoms with Gasteiger partial charge in [0, 0.05) is 53.7 Å². The van der Waals surface area contributed by atoms with Crippen molar-refractivity contribution in [2.24, 2.45) is 0 Å². The maximum Gasteiger partial charge on any atom is 0.266 e. The molecule has 0 atom stereocenters. The summed E-state index contributed by atoms with van der Waals surface area (Å²) in [5.74, 6) is 0.628. The second-order valence-electron chi connectivity index (χ2n) is 11.0. The zero-order chi connectivity index (χ0) is 30.8. The predicted molar refractivity (Wildman–Crippen MR) is 177 cm³/mol. The quantitative estimate of drug-likeness (QED) is 0.226. The standard InChI is InChI=1S/C35H30N6O3S/c42-33(27-9-7-18-37-32(27)40-19-5-6-20-40)38-25-14-12-23(13-15-25)35(44)41-21-16-24-22-29(34(43)39-30-11-3-4-17-36-30)45-31(24)26-8-1-2-10-28(26)41/h1-4,7-15,17-18,22H,5-6,16,19-21H2,(H,38,42)(H,36,39,43). The van der Waals surface area contributed by atoms with Crippen LogP contribution in [0, 0.1) is 0 Å². The summed E-state index contributed by atoms with van der Waals surface area (Å²) in [7, 11) is 0. The molecular formula is C35H30N6O3S. The molecule has 0 unspecified atom stereocenters. The van der Waals surface area contributed by atoms with Crippen molar-refractivity contribution in [2.45, 2.75) is 19.3 Å². The van der Waals surface area contributed by atoms with Gasteiger partial charge in [0.2, 0.25) is 0 Å². The molecule has 1 saturated heterocycles. The Morgan fingerprint density at radius 2 is 1.53 bits per heavy atom. The highest BCUT2D eigenvalue weighted by Gasteiger charge is 2.28. The molecule has 9 nitrogen and oxygen atoms in total. The Labute approximate surface area is 264 Å². The lowest BCUT2D eigenvalue weighted by Gasteiger charge is -2.23. The van der Waals surface area contributed by atoms with Crippen molar-refractivity contribution in [1.82, 2.24) is 9.97 Å². The van der Waals surface area contributed by atoms with E-state index >= 15 is 0 Å². The second kappa shape index (κ2) is 12.3. The van der Waals surface area contributed by atoms with Crippen LogP contribution in [0.4, 0.5) is 23.0 Å². The molecule has 0 aliphatic carbocycles. The van der Waals surface area contributed by atoms with E-state index in [1.807, 2.05) is 36.4 Å². The Balaban J connectivity index is 1.09. The van der Waals surface area contributed by atoms with Crippen LogP contribution in [0.5, 0.6) is 0 Å². The van der Waals surface area contributed by atoms with E-state index in [0.717, 1.165) is 47.6 Å². The van der Waals surface area contributed by atoms with E-state index in [9.17, 15) is 14.4 Å². The molecule has 2 aliphatic rings. The first-order chi connectivity index (χ1) is 22.0. The topological polar surface area (TPSA) is 108 Å². The molecule has 7 rings (SSSR count). The summed E-state index contributed by atoms with van der Waals surface area (Å²) in [6.07, 6.45) is 6.13. The molecule has 224 valence electrons. The van der Waals surface area contributed by atoms with Crippen LogP contribution >= 0.6 is 11.3 Å². The van der Waals surface area contributed by atoms with Crippen molar-refractivity contribution in [2.75, 3.05) is 40.1 Å². The fourth-order valence-corrected chi connectivity index (χ4v) is 6.98. The molecule has 0 bridgehead atoms. The average molecular weight is 615 g/mol. The van der Waals surface area contributed by atoms with Crippen molar-refractivity contribution < 1.29 is 14.4 Å². The number of carbonyl (C=O) groups is 3. The van der Waals surface area contributed by atoms with Crippen molar-refractivity contribution in [3.8, 4) is 10.4 Å². The molecule has 2 aliphatic heterocycles. The molecular weight excluding hydrogens is 584 g/mol. The van der Waals surface area contributed by atoms with E-state index in [4.69, 9.17) is 0 Å². The molecule has 45 heavy (non-hydrogen) atoms. The minimum absolute atomic E-state index is 0.132. The fraction of sp³-hybridized carbons (Fsp3) is 0.171. The number of pyridine rings is 2. The molecule has 5 heterocycles. The van der Waals surface area contributed by atoms with Gasteiger partial charge in [-0.25, -0.2) is 9.97 Å². The first kappa shape index (κ1) is 28.4. The van der Waals surface area contributed by atoms with Crippen LogP contribution in [0.2, 0.25) is 0 Å². The van der Waals surface area contributed by atoms with Crippen LogP contribution in [0.1, 0.15) is 48.8 Å². The van der Waals surface area contributed by atoms with Crippen molar-refractivity contribution >= 4 is 52.1 Å². The Hall–Kier alpha value is -5.35. The first-order valence-corrected chi connectivity index (χ1v) is 15.7. The second-order valence-corrected chi connectivity index (χ2v) is 12.0. The molecule has 2 N–H and O–H groups in total. The van der Waals surface area contributed by atoms with Crippen molar-refractivity contribution in [1.29, 1.82) is 0 Å². The summed E-state index contributed by atoms with van der Waals surface area (Å²) in [5.41, 5.74) is 4.38. The number of nitrogens with zero attached hydrogens (tertiary/aromatic N) is 4. The summed E-state index contributed by atoms with van der Waals surface area (Å²) in [6.45, 7) is 2.24. The number of hydrogen-bond donors (Lipinski definition) is 2. The molecule has 2 aromatic carbocycles. The lowest BCUT2D eigenvalue weighted by atomic mass is 10.1. The molecule has 1 fully saturated rings. The minimum Gasteiger partial charge on any atom is -0.356 e. The maximum atomic E-state index is 13.9. The highest BCUT2D eigenvalue weighted by atomic mass is 32.1. The third-order valence-corrected chi connectivity index (χ3v) is 9.26. The van der Waals surface area contributed by atoms with Crippen LogP contribution < -0.4 is 20.4 Å². The largest absolute Gasteiger partial charge is 0.356 e. The van der Waals surface area contributed by atoms with Gasteiger partial charge >= 0.3 is 0 Å². The third-order valence-electron chi connectivity index (χ3n) is 8.06. The predicted octanol–water partition coefficient (Wildman–Crippen LogP) is 6.51. The fourth-order valence-electron chi connectivity index (χ4n) is 5.84. The van der Waals surface area contributed by atoms with Gasteiger partial charge in [-0.15, -0.1) is 11.3 Å². The lowest BCUT2D eigenvalue weighted by molar-refractivity contribution is 0.0985. The number of para-hydroxylation sites is 1. The average Bonchev–Trinajstić information content (AvgIpc) is 3.74. The first-order valence-electron chi connectivity index (χ1n) is 14.9. The molecule has 3 aromatic heterocycles. The van der Waals surface area contributed by atoms with Gasteiger partial charge in [0.05, 0.1) is 16.1 Å². The summed E-state index contributed by atoms with van der Waals surface area (Å²) in [5, 5.41) is 5.83. The Kier molecular flexibility index (Phi) is 7.79. The number of fused-ring (bicyclic) bond motifs is 3. The Morgan fingerprint density at radius 1 is 0.756 bits per heavy atom. The Bertz CT molecular complexity index is 1880. The van der Waals surface area contributed by atoms with Gasteiger partial charge < -0.3 is 20.4 Å². The third kappa shape index (κ3) is 5.80.